The van der Waals surface area contributed by atoms with Gasteiger partial charge in [-0.15, -0.1) is 0 Å². The van der Waals surface area contributed by atoms with Crippen LogP contribution in [-0.2, 0) is 0 Å². The van der Waals surface area contributed by atoms with E-state index in [2.05, 4.69) is 25.8 Å². The number of benzene rings is 1. The Kier molecular flexibility index (Phi) is 5.16. The molecule has 1 aromatic heterocycles. The van der Waals surface area contributed by atoms with Crippen molar-refractivity contribution in [3.63, 3.8) is 0 Å². The number of piperidine rings is 1. The maximum absolute atomic E-state index is 14.1. The van der Waals surface area contributed by atoms with Crippen LogP contribution in [0.25, 0.3) is 0 Å². The van der Waals surface area contributed by atoms with E-state index in [1.54, 1.807) is 6.07 Å². The summed E-state index contributed by atoms with van der Waals surface area (Å²) in [7, 11) is 0. The van der Waals surface area contributed by atoms with E-state index in [1.165, 1.54) is 12.4 Å². The van der Waals surface area contributed by atoms with Crippen LogP contribution in [0.5, 0.6) is 0 Å². The first-order chi connectivity index (χ1) is 12.0. The molecule has 0 aliphatic carbocycles. The zero-order chi connectivity index (χ0) is 17.8. The molecule has 1 aliphatic rings. The quantitative estimate of drug-likeness (QED) is 0.793. The van der Waals surface area contributed by atoms with E-state index in [1.807, 2.05) is 24.8 Å². The number of rotatable bonds is 4. The fraction of sp³-hybridized carbons (Fsp3) is 0.471. The minimum absolute atomic E-state index is 0.0319. The molecule has 0 radical (unpaired) electrons. The summed E-state index contributed by atoms with van der Waals surface area (Å²) >= 11 is 0. The van der Waals surface area contributed by atoms with Crippen molar-refractivity contribution in [2.75, 3.05) is 18.0 Å². The van der Waals surface area contributed by atoms with Crippen molar-refractivity contribution in [1.29, 1.82) is 0 Å². The zero-order valence-corrected chi connectivity index (χ0v) is 14.4. The van der Waals surface area contributed by atoms with Crippen molar-refractivity contribution in [3.8, 4) is 0 Å². The number of aryl methyl sites for hydroxylation is 1. The lowest BCUT2D eigenvalue weighted by Crippen LogP contribution is -2.51. The second-order valence-electron chi connectivity index (χ2n) is 6.45. The topological polar surface area (TPSA) is 85.9 Å². The molecule has 134 valence electrons. The lowest BCUT2D eigenvalue weighted by atomic mass is 10.0. The summed E-state index contributed by atoms with van der Waals surface area (Å²) in [5.41, 5.74) is 1.62. The molecule has 0 saturated carbocycles. The Morgan fingerprint density at radius 3 is 3.08 bits per heavy atom. The zero-order valence-electron chi connectivity index (χ0n) is 14.4. The SMILES string of the molecule is Cc1ccc(F)c(N2CCC[C@H](NC(=O)N[C@H](C)c3ncn[nH]3)C2)c1. The lowest BCUT2D eigenvalue weighted by Gasteiger charge is -2.35. The molecule has 2 heterocycles. The summed E-state index contributed by atoms with van der Waals surface area (Å²) < 4.78 is 14.1. The van der Waals surface area contributed by atoms with Gasteiger partial charge in [-0.05, 0) is 44.4 Å². The van der Waals surface area contributed by atoms with Crippen molar-refractivity contribution in [3.05, 3.63) is 41.7 Å². The van der Waals surface area contributed by atoms with Crippen LogP contribution in [0.1, 0.15) is 37.2 Å². The molecule has 0 bridgehead atoms. The molecule has 1 aromatic carbocycles. The van der Waals surface area contributed by atoms with Gasteiger partial charge in [-0.2, -0.15) is 5.10 Å². The molecule has 2 atom stereocenters. The number of anilines is 1. The Morgan fingerprint density at radius 1 is 1.48 bits per heavy atom. The predicted molar refractivity (Wildman–Crippen MR) is 92.8 cm³/mol. The largest absolute Gasteiger partial charge is 0.367 e. The number of hydrogen-bond donors (Lipinski definition) is 3. The van der Waals surface area contributed by atoms with Gasteiger partial charge in [0, 0.05) is 19.1 Å². The van der Waals surface area contributed by atoms with Crippen LogP contribution in [-0.4, -0.2) is 40.3 Å². The molecule has 0 unspecified atom stereocenters. The first-order valence-electron chi connectivity index (χ1n) is 8.46. The van der Waals surface area contributed by atoms with Gasteiger partial charge in [0.05, 0.1) is 11.7 Å². The molecule has 0 spiro atoms. The average Bonchev–Trinajstić information content (AvgIpc) is 3.12. The molecule has 1 saturated heterocycles. The highest BCUT2D eigenvalue weighted by molar-refractivity contribution is 5.74. The van der Waals surface area contributed by atoms with Gasteiger partial charge in [-0.3, -0.25) is 5.10 Å². The predicted octanol–water partition coefficient (Wildman–Crippen LogP) is 2.28. The number of hydrogen-bond acceptors (Lipinski definition) is 4. The molecular formula is C17H23FN6O. The highest BCUT2D eigenvalue weighted by Crippen LogP contribution is 2.24. The maximum Gasteiger partial charge on any atom is 0.315 e. The van der Waals surface area contributed by atoms with E-state index in [0.717, 1.165) is 24.9 Å². The molecule has 7 nitrogen and oxygen atoms in total. The number of carbonyl (C=O) groups is 1. The van der Waals surface area contributed by atoms with Crippen LogP contribution in [0.15, 0.2) is 24.5 Å². The number of nitrogens with zero attached hydrogens (tertiary/aromatic N) is 3. The first-order valence-corrected chi connectivity index (χ1v) is 8.46. The number of H-pyrrole nitrogens is 1. The van der Waals surface area contributed by atoms with Gasteiger partial charge in [-0.1, -0.05) is 6.07 Å². The van der Waals surface area contributed by atoms with Crippen molar-refractivity contribution in [2.24, 2.45) is 0 Å². The second-order valence-corrected chi connectivity index (χ2v) is 6.45. The van der Waals surface area contributed by atoms with Crippen LogP contribution < -0.4 is 15.5 Å². The van der Waals surface area contributed by atoms with E-state index in [9.17, 15) is 9.18 Å². The maximum atomic E-state index is 14.1. The lowest BCUT2D eigenvalue weighted by molar-refractivity contribution is 0.231. The highest BCUT2D eigenvalue weighted by atomic mass is 19.1. The van der Waals surface area contributed by atoms with Gasteiger partial charge in [0.2, 0.25) is 0 Å². The van der Waals surface area contributed by atoms with E-state index >= 15 is 0 Å². The van der Waals surface area contributed by atoms with Crippen LogP contribution >= 0.6 is 0 Å². The summed E-state index contributed by atoms with van der Waals surface area (Å²) in [5, 5.41) is 12.3. The highest BCUT2D eigenvalue weighted by Gasteiger charge is 2.24. The average molecular weight is 346 g/mol. The minimum Gasteiger partial charge on any atom is -0.367 e. The van der Waals surface area contributed by atoms with Crippen molar-refractivity contribution >= 4 is 11.7 Å². The van der Waals surface area contributed by atoms with Gasteiger partial charge < -0.3 is 15.5 Å². The molecule has 25 heavy (non-hydrogen) atoms. The van der Waals surface area contributed by atoms with Crippen molar-refractivity contribution in [1.82, 2.24) is 25.8 Å². The number of aromatic amines is 1. The number of urea groups is 1. The van der Waals surface area contributed by atoms with E-state index in [4.69, 9.17) is 0 Å². The Hall–Kier alpha value is -2.64. The third-order valence-corrected chi connectivity index (χ3v) is 4.39. The monoisotopic (exact) mass is 346 g/mol. The Balaban J connectivity index is 1.58. The van der Waals surface area contributed by atoms with Crippen LogP contribution in [0.2, 0.25) is 0 Å². The van der Waals surface area contributed by atoms with E-state index in [0.29, 0.717) is 18.1 Å². The Bertz CT molecular complexity index is 720. The number of aromatic nitrogens is 3. The van der Waals surface area contributed by atoms with Crippen LogP contribution in [0, 0.1) is 12.7 Å². The molecule has 1 fully saturated rings. The van der Waals surface area contributed by atoms with Crippen molar-refractivity contribution < 1.29 is 9.18 Å². The summed E-state index contributed by atoms with van der Waals surface area (Å²) in [6.45, 7) is 5.15. The van der Waals surface area contributed by atoms with Gasteiger partial charge in [0.25, 0.3) is 0 Å². The number of amides is 2. The van der Waals surface area contributed by atoms with Gasteiger partial charge in [-0.25, -0.2) is 14.2 Å². The molecule has 2 aromatic rings. The fourth-order valence-electron chi connectivity index (χ4n) is 3.09. The number of halogens is 1. The summed E-state index contributed by atoms with van der Waals surface area (Å²) in [5.74, 6) is 0.372. The molecule has 3 N–H and O–H groups in total. The summed E-state index contributed by atoms with van der Waals surface area (Å²) in [6, 6.07) is 4.54. The molecule has 8 heteroatoms. The van der Waals surface area contributed by atoms with E-state index < -0.39 is 0 Å². The van der Waals surface area contributed by atoms with Gasteiger partial charge in [0.1, 0.15) is 18.0 Å². The fourth-order valence-corrected chi connectivity index (χ4v) is 3.09. The van der Waals surface area contributed by atoms with Crippen molar-refractivity contribution in [2.45, 2.75) is 38.8 Å². The molecule has 3 rings (SSSR count). The van der Waals surface area contributed by atoms with Crippen LogP contribution in [0.4, 0.5) is 14.9 Å². The molecular weight excluding hydrogens is 323 g/mol. The minimum atomic E-state index is -0.267. The van der Waals surface area contributed by atoms with Gasteiger partial charge in [0.15, 0.2) is 0 Å². The van der Waals surface area contributed by atoms with Gasteiger partial charge >= 0.3 is 6.03 Å². The summed E-state index contributed by atoms with van der Waals surface area (Å²) in [4.78, 5) is 18.2. The first kappa shape index (κ1) is 17.2. The molecule has 1 aliphatic heterocycles. The molecule has 2 amide bonds. The van der Waals surface area contributed by atoms with E-state index in [-0.39, 0.29) is 23.9 Å². The standard InChI is InChI=1S/C17H23FN6O/c1-11-5-6-14(18)15(8-11)24-7-3-4-13(9-24)22-17(25)21-12(2)16-19-10-20-23-16/h5-6,8,10,12-13H,3-4,7,9H2,1-2H3,(H,19,20,23)(H2,21,22,25)/t12-,13+/m1/s1. The summed E-state index contributed by atoms with van der Waals surface area (Å²) in [6.07, 6.45) is 3.17. The normalized spacial score (nSPS) is 18.7. The Labute approximate surface area is 146 Å². The number of carbonyl (C=O) groups excluding carboxylic acids is 1. The van der Waals surface area contributed by atoms with Crippen LogP contribution in [0.3, 0.4) is 0 Å². The second kappa shape index (κ2) is 7.50. The number of nitrogens with one attached hydrogen (secondary N) is 3. The smallest absolute Gasteiger partial charge is 0.315 e. The third-order valence-electron chi connectivity index (χ3n) is 4.39. The Morgan fingerprint density at radius 2 is 2.32 bits per heavy atom. The third kappa shape index (κ3) is 4.26.